The molecule has 0 aliphatic carbocycles. The standard InChI is InChI=1S/C14H28N2/c1-3-5-7-8-9-11-14(13-15)16-12-10-6-4-2/h14,16H,3,5,7-13,15H2,1-2H3. The van der Waals surface area contributed by atoms with E-state index in [1.807, 2.05) is 6.92 Å². The first-order valence-electron chi connectivity index (χ1n) is 6.68. The number of nitrogens with two attached hydrogens (primary N) is 1. The van der Waals surface area contributed by atoms with Crippen LogP contribution in [-0.2, 0) is 0 Å². The highest BCUT2D eigenvalue weighted by atomic mass is 14.9. The molecule has 0 radical (unpaired) electrons. The Morgan fingerprint density at radius 2 is 1.94 bits per heavy atom. The van der Waals surface area contributed by atoms with Crippen LogP contribution in [0, 0.1) is 11.8 Å². The topological polar surface area (TPSA) is 38.0 Å². The number of nitrogens with one attached hydrogen (secondary N) is 1. The van der Waals surface area contributed by atoms with Crippen molar-refractivity contribution in [3.05, 3.63) is 0 Å². The number of hydrogen-bond acceptors (Lipinski definition) is 2. The first-order chi connectivity index (χ1) is 7.85. The van der Waals surface area contributed by atoms with Gasteiger partial charge in [-0.3, -0.25) is 0 Å². The summed E-state index contributed by atoms with van der Waals surface area (Å²) >= 11 is 0. The van der Waals surface area contributed by atoms with Crippen LogP contribution in [0.4, 0.5) is 0 Å². The van der Waals surface area contributed by atoms with Crippen molar-refractivity contribution in [2.45, 2.75) is 64.8 Å². The van der Waals surface area contributed by atoms with E-state index >= 15 is 0 Å². The molecule has 0 rings (SSSR count). The smallest absolute Gasteiger partial charge is 0.0214 e. The van der Waals surface area contributed by atoms with Gasteiger partial charge in [-0.1, -0.05) is 39.0 Å². The zero-order chi connectivity index (χ0) is 12.1. The molecule has 2 heteroatoms. The summed E-state index contributed by atoms with van der Waals surface area (Å²) in [4.78, 5) is 0. The molecule has 0 aromatic heterocycles. The summed E-state index contributed by atoms with van der Waals surface area (Å²) in [5, 5.41) is 3.47. The van der Waals surface area contributed by atoms with E-state index in [0.717, 1.165) is 19.5 Å². The fraction of sp³-hybridized carbons (Fsp3) is 0.857. The highest BCUT2D eigenvalue weighted by Crippen LogP contribution is 2.06. The fourth-order valence-electron chi connectivity index (χ4n) is 1.76. The first-order valence-corrected chi connectivity index (χ1v) is 6.68. The molecule has 2 nitrogen and oxygen atoms in total. The van der Waals surface area contributed by atoms with Gasteiger partial charge in [-0.05, 0) is 13.3 Å². The summed E-state index contributed by atoms with van der Waals surface area (Å²) in [6, 6.07) is 0.486. The molecule has 0 aliphatic rings. The summed E-state index contributed by atoms with van der Waals surface area (Å²) in [5.41, 5.74) is 5.73. The highest BCUT2D eigenvalue weighted by Gasteiger charge is 2.04. The summed E-state index contributed by atoms with van der Waals surface area (Å²) in [5.74, 6) is 5.96. The number of hydrogen-bond donors (Lipinski definition) is 2. The largest absolute Gasteiger partial charge is 0.329 e. The molecule has 0 saturated heterocycles. The minimum Gasteiger partial charge on any atom is -0.329 e. The third-order valence-electron chi connectivity index (χ3n) is 2.80. The van der Waals surface area contributed by atoms with Crippen molar-refractivity contribution < 1.29 is 0 Å². The Morgan fingerprint density at radius 1 is 1.19 bits per heavy atom. The van der Waals surface area contributed by atoms with Gasteiger partial charge in [0.05, 0.1) is 0 Å². The van der Waals surface area contributed by atoms with Crippen molar-refractivity contribution in [1.82, 2.24) is 5.32 Å². The van der Waals surface area contributed by atoms with Gasteiger partial charge in [0.15, 0.2) is 0 Å². The van der Waals surface area contributed by atoms with Gasteiger partial charge >= 0.3 is 0 Å². The maximum absolute atomic E-state index is 5.73. The Hall–Kier alpha value is -0.520. The number of rotatable bonds is 10. The molecule has 1 atom stereocenters. The van der Waals surface area contributed by atoms with Crippen molar-refractivity contribution in [3.8, 4) is 11.8 Å². The van der Waals surface area contributed by atoms with Gasteiger partial charge < -0.3 is 11.1 Å². The summed E-state index contributed by atoms with van der Waals surface area (Å²) in [6.45, 7) is 5.85. The Labute approximate surface area is 101 Å². The molecule has 0 aromatic carbocycles. The van der Waals surface area contributed by atoms with Crippen LogP contribution < -0.4 is 11.1 Å². The van der Waals surface area contributed by atoms with Crippen molar-refractivity contribution in [3.63, 3.8) is 0 Å². The van der Waals surface area contributed by atoms with Crippen LogP contribution in [0.1, 0.15) is 58.8 Å². The Kier molecular flexibility index (Phi) is 12.1. The minimum absolute atomic E-state index is 0.486. The average Bonchev–Trinajstić information content (AvgIpc) is 2.31. The van der Waals surface area contributed by atoms with Gasteiger partial charge in [0.25, 0.3) is 0 Å². The molecule has 3 N–H and O–H groups in total. The lowest BCUT2D eigenvalue weighted by molar-refractivity contribution is 0.465. The third-order valence-corrected chi connectivity index (χ3v) is 2.80. The van der Waals surface area contributed by atoms with E-state index in [1.54, 1.807) is 0 Å². The highest BCUT2D eigenvalue weighted by molar-refractivity contribution is 4.95. The molecule has 0 fully saturated rings. The zero-order valence-corrected chi connectivity index (χ0v) is 11.0. The van der Waals surface area contributed by atoms with Gasteiger partial charge in [0.1, 0.15) is 0 Å². The Morgan fingerprint density at radius 3 is 2.56 bits per heavy atom. The van der Waals surface area contributed by atoms with Crippen LogP contribution in [0.5, 0.6) is 0 Å². The lowest BCUT2D eigenvalue weighted by Crippen LogP contribution is -2.36. The third kappa shape index (κ3) is 10.0. The Bertz CT molecular complexity index is 191. The summed E-state index contributed by atoms with van der Waals surface area (Å²) in [7, 11) is 0. The van der Waals surface area contributed by atoms with Gasteiger partial charge in [-0.2, -0.15) is 0 Å². The molecule has 0 aliphatic heterocycles. The van der Waals surface area contributed by atoms with Gasteiger partial charge in [0.2, 0.25) is 0 Å². The SMILES string of the molecule is CC#CCCNC(CN)CCCCCCC. The van der Waals surface area contributed by atoms with Gasteiger partial charge in [0, 0.05) is 25.6 Å². The second-order valence-corrected chi connectivity index (χ2v) is 4.27. The maximum atomic E-state index is 5.73. The van der Waals surface area contributed by atoms with Crippen molar-refractivity contribution in [1.29, 1.82) is 0 Å². The molecule has 94 valence electrons. The molecular formula is C14H28N2. The van der Waals surface area contributed by atoms with Crippen LogP contribution in [-0.4, -0.2) is 19.1 Å². The van der Waals surface area contributed by atoms with E-state index in [-0.39, 0.29) is 0 Å². The van der Waals surface area contributed by atoms with Crippen LogP contribution in [0.2, 0.25) is 0 Å². The van der Waals surface area contributed by atoms with E-state index in [1.165, 1.54) is 38.5 Å². The van der Waals surface area contributed by atoms with Crippen LogP contribution in [0.15, 0.2) is 0 Å². The fourth-order valence-corrected chi connectivity index (χ4v) is 1.76. The summed E-state index contributed by atoms with van der Waals surface area (Å²) in [6.07, 6.45) is 8.84. The van der Waals surface area contributed by atoms with Crippen molar-refractivity contribution in [2.75, 3.05) is 13.1 Å². The molecule has 0 saturated carbocycles. The first kappa shape index (κ1) is 15.5. The van der Waals surface area contributed by atoms with E-state index < -0.39 is 0 Å². The predicted octanol–water partition coefficient (Wildman–Crippen LogP) is 2.68. The maximum Gasteiger partial charge on any atom is 0.0214 e. The number of unbranched alkanes of at least 4 members (excludes halogenated alkanes) is 4. The lowest BCUT2D eigenvalue weighted by Gasteiger charge is -2.15. The lowest BCUT2D eigenvalue weighted by atomic mass is 10.1. The van der Waals surface area contributed by atoms with Gasteiger partial charge in [-0.15, -0.1) is 11.8 Å². The molecule has 16 heavy (non-hydrogen) atoms. The van der Waals surface area contributed by atoms with Crippen molar-refractivity contribution in [2.24, 2.45) is 5.73 Å². The molecule has 0 bridgehead atoms. The second kappa shape index (κ2) is 12.5. The second-order valence-electron chi connectivity index (χ2n) is 4.27. The molecule has 0 aromatic rings. The zero-order valence-electron chi connectivity index (χ0n) is 11.0. The Balaban J connectivity index is 3.38. The normalized spacial score (nSPS) is 11.9. The van der Waals surface area contributed by atoms with Crippen LogP contribution in [0.3, 0.4) is 0 Å². The van der Waals surface area contributed by atoms with Crippen molar-refractivity contribution >= 4 is 0 Å². The predicted molar refractivity (Wildman–Crippen MR) is 72.3 cm³/mol. The molecular weight excluding hydrogens is 196 g/mol. The van der Waals surface area contributed by atoms with E-state index in [2.05, 4.69) is 24.1 Å². The van der Waals surface area contributed by atoms with Crippen LogP contribution in [0.25, 0.3) is 0 Å². The van der Waals surface area contributed by atoms with Crippen LogP contribution >= 0.6 is 0 Å². The average molecular weight is 224 g/mol. The monoisotopic (exact) mass is 224 g/mol. The summed E-state index contributed by atoms with van der Waals surface area (Å²) < 4.78 is 0. The van der Waals surface area contributed by atoms with E-state index in [0.29, 0.717) is 6.04 Å². The molecule has 0 spiro atoms. The quantitative estimate of drug-likeness (QED) is 0.442. The van der Waals surface area contributed by atoms with E-state index in [9.17, 15) is 0 Å². The molecule has 1 unspecified atom stereocenters. The minimum atomic E-state index is 0.486. The molecule has 0 amide bonds. The van der Waals surface area contributed by atoms with Gasteiger partial charge in [-0.25, -0.2) is 0 Å². The van der Waals surface area contributed by atoms with E-state index in [4.69, 9.17) is 5.73 Å². The molecule has 0 heterocycles.